The van der Waals surface area contributed by atoms with E-state index < -0.39 is 11.6 Å². The molecule has 1 amide bonds. The van der Waals surface area contributed by atoms with Crippen molar-refractivity contribution in [1.29, 1.82) is 0 Å². The van der Waals surface area contributed by atoms with E-state index >= 15 is 0 Å². The second-order valence-corrected chi connectivity index (χ2v) is 5.67. The second kappa shape index (κ2) is 4.73. The van der Waals surface area contributed by atoms with E-state index in [1.807, 2.05) is 45.0 Å². The third-order valence-corrected chi connectivity index (χ3v) is 3.91. The number of hydrogen-bond donors (Lipinski definition) is 1. The van der Waals surface area contributed by atoms with Crippen LogP contribution in [0.25, 0.3) is 0 Å². The van der Waals surface area contributed by atoms with E-state index in [0.717, 1.165) is 5.56 Å². The van der Waals surface area contributed by atoms with Crippen LogP contribution in [0.2, 0.25) is 0 Å². The van der Waals surface area contributed by atoms with Crippen molar-refractivity contribution in [2.24, 2.45) is 0 Å². The van der Waals surface area contributed by atoms with E-state index in [-0.39, 0.29) is 5.91 Å². The summed E-state index contributed by atoms with van der Waals surface area (Å²) in [5, 5.41) is 9.88. The summed E-state index contributed by atoms with van der Waals surface area (Å²) in [5.41, 5.74) is 1.79. The first kappa shape index (κ1) is 13.1. The van der Waals surface area contributed by atoms with E-state index in [2.05, 4.69) is 0 Å². The van der Waals surface area contributed by atoms with Gasteiger partial charge in [0.05, 0.1) is 18.1 Å². The van der Waals surface area contributed by atoms with Gasteiger partial charge < -0.3 is 10.0 Å². The van der Waals surface area contributed by atoms with Gasteiger partial charge in [-0.15, -0.1) is 0 Å². The van der Waals surface area contributed by atoms with Crippen molar-refractivity contribution in [3.8, 4) is 0 Å². The fourth-order valence-corrected chi connectivity index (χ4v) is 2.49. The van der Waals surface area contributed by atoms with Gasteiger partial charge in [-0.1, -0.05) is 29.8 Å². The summed E-state index contributed by atoms with van der Waals surface area (Å²) in [6.45, 7) is 6.54. The van der Waals surface area contributed by atoms with Gasteiger partial charge in [-0.05, 0) is 32.8 Å². The minimum absolute atomic E-state index is 0.0976. The summed E-state index contributed by atoms with van der Waals surface area (Å²) in [6, 6.07) is 8.03. The zero-order valence-electron chi connectivity index (χ0n) is 11.3. The molecular weight excluding hydrogens is 226 g/mol. The molecule has 0 aliphatic carbocycles. The first-order valence-electron chi connectivity index (χ1n) is 6.45. The molecule has 3 nitrogen and oxygen atoms in total. The largest absolute Gasteiger partial charge is 0.391 e. The maximum atomic E-state index is 12.3. The molecule has 1 heterocycles. The van der Waals surface area contributed by atoms with Crippen LogP contribution in [-0.4, -0.2) is 34.1 Å². The molecule has 1 fully saturated rings. The molecular formula is C15H21NO2. The summed E-state index contributed by atoms with van der Waals surface area (Å²) in [5.74, 6) is 0.0976. The highest BCUT2D eigenvalue weighted by Gasteiger charge is 2.42. The van der Waals surface area contributed by atoms with Crippen molar-refractivity contribution in [3.63, 3.8) is 0 Å². The minimum atomic E-state index is -0.443. The monoisotopic (exact) mass is 247 g/mol. The molecule has 1 atom stereocenters. The number of rotatable bonds is 2. The smallest absolute Gasteiger partial charge is 0.227 e. The van der Waals surface area contributed by atoms with Gasteiger partial charge in [-0.2, -0.15) is 0 Å². The van der Waals surface area contributed by atoms with E-state index in [4.69, 9.17) is 0 Å². The van der Waals surface area contributed by atoms with Crippen molar-refractivity contribution < 1.29 is 9.90 Å². The lowest BCUT2D eigenvalue weighted by molar-refractivity contribution is -0.135. The summed E-state index contributed by atoms with van der Waals surface area (Å²) < 4.78 is 0. The molecule has 3 heteroatoms. The van der Waals surface area contributed by atoms with Crippen LogP contribution in [0.1, 0.15) is 31.4 Å². The minimum Gasteiger partial charge on any atom is -0.391 e. The Morgan fingerprint density at radius 1 is 1.39 bits per heavy atom. The molecule has 2 rings (SSSR count). The third kappa shape index (κ3) is 2.41. The molecule has 0 bridgehead atoms. The molecule has 1 aromatic rings. The predicted molar refractivity (Wildman–Crippen MR) is 71.3 cm³/mol. The molecule has 1 unspecified atom stereocenters. The zero-order chi connectivity index (χ0) is 13.3. The SMILES string of the molecule is Cc1ccc(CC(=O)N2CCC(O)C2(C)C)cc1. The highest BCUT2D eigenvalue weighted by atomic mass is 16.3. The molecule has 1 aliphatic rings. The Morgan fingerprint density at radius 2 is 2.00 bits per heavy atom. The van der Waals surface area contributed by atoms with E-state index in [1.54, 1.807) is 4.90 Å². The van der Waals surface area contributed by atoms with Gasteiger partial charge in [0.25, 0.3) is 0 Å². The molecule has 1 N–H and O–H groups in total. The van der Waals surface area contributed by atoms with Crippen LogP contribution >= 0.6 is 0 Å². The highest BCUT2D eigenvalue weighted by molar-refractivity contribution is 5.80. The number of benzene rings is 1. The van der Waals surface area contributed by atoms with Crippen LogP contribution in [0, 0.1) is 6.92 Å². The molecule has 0 saturated carbocycles. The molecule has 0 spiro atoms. The Hall–Kier alpha value is -1.35. The lowest BCUT2D eigenvalue weighted by Crippen LogP contribution is -2.48. The van der Waals surface area contributed by atoms with Gasteiger partial charge in [0.15, 0.2) is 0 Å². The van der Waals surface area contributed by atoms with E-state index in [9.17, 15) is 9.90 Å². The van der Waals surface area contributed by atoms with Gasteiger partial charge in [-0.3, -0.25) is 4.79 Å². The Bertz CT molecular complexity index is 436. The number of likely N-dealkylation sites (tertiary alicyclic amines) is 1. The number of hydrogen-bond acceptors (Lipinski definition) is 2. The Morgan fingerprint density at radius 3 is 2.50 bits per heavy atom. The first-order valence-corrected chi connectivity index (χ1v) is 6.45. The zero-order valence-corrected chi connectivity index (χ0v) is 11.3. The van der Waals surface area contributed by atoms with Crippen molar-refractivity contribution in [1.82, 2.24) is 4.90 Å². The van der Waals surface area contributed by atoms with Gasteiger partial charge in [0.1, 0.15) is 0 Å². The predicted octanol–water partition coefficient (Wildman–Crippen LogP) is 1.91. The number of aliphatic hydroxyl groups excluding tert-OH is 1. The second-order valence-electron chi connectivity index (χ2n) is 5.67. The quantitative estimate of drug-likeness (QED) is 0.867. The number of aliphatic hydroxyl groups is 1. The standard InChI is InChI=1S/C15H21NO2/c1-11-4-6-12(7-5-11)10-14(18)16-9-8-13(17)15(16,2)3/h4-7,13,17H,8-10H2,1-3H3. The number of nitrogens with zero attached hydrogens (tertiary/aromatic N) is 1. The van der Waals surface area contributed by atoms with Crippen LogP contribution in [0.3, 0.4) is 0 Å². The molecule has 1 aromatic carbocycles. The van der Waals surface area contributed by atoms with Gasteiger partial charge in [0, 0.05) is 6.54 Å². The average molecular weight is 247 g/mol. The van der Waals surface area contributed by atoms with Crippen LogP contribution in [-0.2, 0) is 11.2 Å². The molecule has 0 radical (unpaired) electrons. The summed E-state index contributed by atoms with van der Waals surface area (Å²) >= 11 is 0. The number of carbonyl (C=O) groups is 1. The number of aryl methyl sites for hydroxylation is 1. The van der Waals surface area contributed by atoms with Crippen molar-refractivity contribution >= 4 is 5.91 Å². The summed E-state index contributed by atoms with van der Waals surface area (Å²) in [4.78, 5) is 14.1. The van der Waals surface area contributed by atoms with Crippen LogP contribution in [0.15, 0.2) is 24.3 Å². The maximum absolute atomic E-state index is 12.3. The number of carbonyl (C=O) groups excluding carboxylic acids is 1. The van der Waals surface area contributed by atoms with Crippen molar-refractivity contribution in [2.75, 3.05) is 6.54 Å². The van der Waals surface area contributed by atoms with Gasteiger partial charge in [0.2, 0.25) is 5.91 Å². The topological polar surface area (TPSA) is 40.5 Å². The molecule has 18 heavy (non-hydrogen) atoms. The lowest BCUT2D eigenvalue weighted by Gasteiger charge is -2.33. The first-order chi connectivity index (χ1) is 8.41. The average Bonchev–Trinajstić information content (AvgIpc) is 2.57. The van der Waals surface area contributed by atoms with Crippen LogP contribution < -0.4 is 0 Å². The fourth-order valence-electron chi connectivity index (χ4n) is 2.49. The lowest BCUT2D eigenvalue weighted by atomic mass is 9.98. The maximum Gasteiger partial charge on any atom is 0.227 e. The normalized spacial score (nSPS) is 22.2. The Balaban J connectivity index is 2.07. The van der Waals surface area contributed by atoms with Gasteiger partial charge >= 0.3 is 0 Å². The van der Waals surface area contributed by atoms with E-state index in [1.165, 1.54) is 5.56 Å². The summed E-state index contributed by atoms with van der Waals surface area (Å²) in [7, 11) is 0. The Kier molecular flexibility index (Phi) is 3.44. The van der Waals surface area contributed by atoms with E-state index in [0.29, 0.717) is 19.4 Å². The fraction of sp³-hybridized carbons (Fsp3) is 0.533. The van der Waals surface area contributed by atoms with Crippen molar-refractivity contribution in [3.05, 3.63) is 35.4 Å². The van der Waals surface area contributed by atoms with Crippen LogP contribution in [0.5, 0.6) is 0 Å². The molecule has 1 aliphatic heterocycles. The third-order valence-electron chi connectivity index (χ3n) is 3.91. The summed E-state index contributed by atoms with van der Waals surface area (Å²) in [6.07, 6.45) is 0.669. The Labute approximate surface area is 108 Å². The van der Waals surface area contributed by atoms with Crippen LogP contribution in [0.4, 0.5) is 0 Å². The van der Waals surface area contributed by atoms with Crippen molar-refractivity contribution in [2.45, 2.75) is 45.3 Å². The highest BCUT2D eigenvalue weighted by Crippen LogP contribution is 2.29. The number of amides is 1. The molecule has 98 valence electrons. The molecule has 1 saturated heterocycles. The van der Waals surface area contributed by atoms with Gasteiger partial charge in [-0.25, -0.2) is 0 Å². The molecule has 0 aromatic heterocycles.